The summed E-state index contributed by atoms with van der Waals surface area (Å²) in [5.74, 6) is 0.384. The summed E-state index contributed by atoms with van der Waals surface area (Å²) >= 11 is 5.72. The molecule has 0 aliphatic carbocycles. The maximum Gasteiger partial charge on any atom is 0.259 e. The van der Waals surface area contributed by atoms with Crippen LogP contribution in [-0.4, -0.2) is 25.3 Å². The van der Waals surface area contributed by atoms with E-state index >= 15 is 0 Å². The molecule has 1 rings (SSSR count). The summed E-state index contributed by atoms with van der Waals surface area (Å²) < 4.78 is 10.4. The van der Waals surface area contributed by atoms with Gasteiger partial charge in [-0.3, -0.25) is 4.79 Å². The molecular weight excluding hydrogens is 242 g/mol. The number of carbonyl (C=O) groups is 1. The van der Waals surface area contributed by atoms with Crippen LogP contribution in [0.25, 0.3) is 0 Å². The average molecular weight is 258 g/mol. The second-order valence-electron chi connectivity index (χ2n) is 3.70. The zero-order valence-electron chi connectivity index (χ0n) is 9.90. The van der Waals surface area contributed by atoms with E-state index in [0.717, 1.165) is 0 Å². The number of halogens is 1. The van der Waals surface area contributed by atoms with Crippen LogP contribution >= 0.6 is 11.6 Å². The van der Waals surface area contributed by atoms with Gasteiger partial charge in [0.2, 0.25) is 0 Å². The highest BCUT2D eigenvalue weighted by molar-refractivity contribution is 6.30. The third-order valence-corrected chi connectivity index (χ3v) is 2.12. The van der Waals surface area contributed by atoms with Gasteiger partial charge in [-0.1, -0.05) is 11.6 Å². The SMILES string of the molecule is CC(C)OCNC(=O)COc1ccc(Cl)cc1. The van der Waals surface area contributed by atoms with Crippen molar-refractivity contribution in [3.63, 3.8) is 0 Å². The Morgan fingerprint density at radius 2 is 2.00 bits per heavy atom. The summed E-state index contributed by atoms with van der Waals surface area (Å²) in [7, 11) is 0. The second kappa shape index (κ2) is 7.14. The molecule has 4 nitrogen and oxygen atoms in total. The van der Waals surface area contributed by atoms with Crippen molar-refractivity contribution < 1.29 is 14.3 Å². The van der Waals surface area contributed by atoms with Gasteiger partial charge < -0.3 is 14.8 Å². The lowest BCUT2D eigenvalue weighted by molar-refractivity contribution is -0.125. The van der Waals surface area contributed by atoms with Crippen LogP contribution in [0.4, 0.5) is 0 Å². The van der Waals surface area contributed by atoms with Crippen molar-refractivity contribution in [1.82, 2.24) is 5.32 Å². The van der Waals surface area contributed by atoms with Crippen molar-refractivity contribution in [2.24, 2.45) is 0 Å². The van der Waals surface area contributed by atoms with Gasteiger partial charge in [0, 0.05) is 5.02 Å². The zero-order valence-corrected chi connectivity index (χ0v) is 10.7. The Kier molecular flexibility index (Phi) is 5.80. The topological polar surface area (TPSA) is 47.6 Å². The summed E-state index contributed by atoms with van der Waals surface area (Å²) in [5, 5.41) is 3.22. The highest BCUT2D eigenvalue weighted by Gasteiger charge is 2.02. The van der Waals surface area contributed by atoms with Crippen molar-refractivity contribution in [1.29, 1.82) is 0 Å². The number of amides is 1. The molecule has 1 aromatic rings. The first-order chi connectivity index (χ1) is 8.08. The van der Waals surface area contributed by atoms with Crippen LogP contribution in [0.5, 0.6) is 5.75 Å². The number of nitrogens with one attached hydrogen (secondary N) is 1. The maximum absolute atomic E-state index is 11.3. The average Bonchev–Trinajstić information content (AvgIpc) is 2.28. The predicted octanol–water partition coefficient (Wildman–Crippen LogP) is 2.22. The Bertz CT molecular complexity index is 351. The van der Waals surface area contributed by atoms with Crippen LogP contribution in [0.3, 0.4) is 0 Å². The van der Waals surface area contributed by atoms with Gasteiger partial charge in [-0.2, -0.15) is 0 Å². The van der Waals surface area contributed by atoms with Crippen molar-refractivity contribution in [2.75, 3.05) is 13.3 Å². The molecule has 0 radical (unpaired) electrons. The third-order valence-electron chi connectivity index (χ3n) is 1.87. The highest BCUT2D eigenvalue weighted by atomic mass is 35.5. The van der Waals surface area contributed by atoms with E-state index in [1.807, 2.05) is 13.8 Å². The van der Waals surface area contributed by atoms with E-state index in [9.17, 15) is 4.79 Å². The van der Waals surface area contributed by atoms with Crippen molar-refractivity contribution in [2.45, 2.75) is 20.0 Å². The fourth-order valence-electron chi connectivity index (χ4n) is 1.02. The molecule has 5 heteroatoms. The molecule has 0 unspecified atom stereocenters. The Morgan fingerprint density at radius 3 is 2.59 bits per heavy atom. The first kappa shape index (κ1) is 13.8. The van der Waals surface area contributed by atoms with E-state index in [1.54, 1.807) is 24.3 Å². The second-order valence-corrected chi connectivity index (χ2v) is 4.14. The van der Waals surface area contributed by atoms with Gasteiger partial charge in [-0.25, -0.2) is 0 Å². The first-order valence-corrected chi connectivity index (χ1v) is 5.72. The number of rotatable bonds is 6. The van der Waals surface area contributed by atoms with Crippen LogP contribution in [0.1, 0.15) is 13.8 Å². The molecule has 0 spiro atoms. The maximum atomic E-state index is 11.3. The Balaban J connectivity index is 2.21. The summed E-state index contributed by atoms with van der Waals surface area (Å²) in [6.45, 7) is 3.95. The molecule has 94 valence electrons. The first-order valence-electron chi connectivity index (χ1n) is 5.34. The lowest BCUT2D eigenvalue weighted by atomic mass is 10.3. The lowest BCUT2D eigenvalue weighted by Crippen LogP contribution is -2.31. The minimum Gasteiger partial charge on any atom is -0.484 e. The molecule has 0 saturated heterocycles. The van der Waals surface area contributed by atoms with Gasteiger partial charge >= 0.3 is 0 Å². The van der Waals surface area contributed by atoms with E-state index in [0.29, 0.717) is 10.8 Å². The fourth-order valence-corrected chi connectivity index (χ4v) is 1.15. The molecule has 0 saturated carbocycles. The van der Waals surface area contributed by atoms with Crippen LogP contribution in [0.15, 0.2) is 24.3 Å². The number of hydrogen-bond acceptors (Lipinski definition) is 3. The summed E-state index contributed by atoms with van der Waals surface area (Å²) in [6, 6.07) is 6.83. The van der Waals surface area contributed by atoms with E-state index in [2.05, 4.69) is 5.32 Å². The molecule has 0 atom stereocenters. The fraction of sp³-hybridized carbons (Fsp3) is 0.417. The standard InChI is InChI=1S/C12H16ClNO3/c1-9(2)17-8-14-12(15)7-16-11-5-3-10(13)4-6-11/h3-6,9H,7-8H2,1-2H3,(H,14,15). The number of ether oxygens (including phenoxy) is 2. The normalized spacial score (nSPS) is 10.4. The third kappa shape index (κ3) is 6.14. The summed E-state index contributed by atoms with van der Waals surface area (Å²) in [5.41, 5.74) is 0. The van der Waals surface area contributed by atoms with Crippen LogP contribution in [-0.2, 0) is 9.53 Å². The van der Waals surface area contributed by atoms with E-state index in [-0.39, 0.29) is 25.3 Å². The highest BCUT2D eigenvalue weighted by Crippen LogP contribution is 2.15. The van der Waals surface area contributed by atoms with E-state index in [1.165, 1.54) is 0 Å². The lowest BCUT2D eigenvalue weighted by Gasteiger charge is -2.09. The molecule has 17 heavy (non-hydrogen) atoms. The smallest absolute Gasteiger partial charge is 0.259 e. The minimum absolute atomic E-state index is 0.0386. The number of hydrogen-bond donors (Lipinski definition) is 1. The number of carbonyl (C=O) groups excluding carboxylic acids is 1. The summed E-state index contributed by atoms with van der Waals surface area (Å²) in [6.07, 6.45) is 0.0903. The predicted molar refractivity (Wildman–Crippen MR) is 66.2 cm³/mol. The van der Waals surface area contributed by atoms with Crippen molar-refractivity contribution >= 4 is 17.5 Å². The van der Waals surface area contributed by atoms with Crippen LogP contribution in [0.2, 0.25) is 5.02 Å². The van der Waals surface area contributed by atoms with Gasteiger partial charge in [0.1, 0.15) is 12.5 Å². The van der Waals surface area contributed by atoms with Gasteiger partial charge in [0.05, 0.1) is 6.10 Å². The molecule has 0 fully saturated rings. The molecule has 0 aliphatic rings. The Hall–Kier alpha value is -1.26. The van der Waals surface area contributed by atoms with Crippen LogP contribution < -0.4 is 10.1 Å². The molecule has 0 aromatic heterocycles. The molecule has 0 aliphatic heterocycles. The van der Waals surface area contributed by atoms with Gasteiger partial charge in [-0.15, -0.1) is 0 Å². The van der Waals surface area contributed by atoms with Gasteiger partial charge in [0.15, 0.2) is 6.61 Å². The molecule has 0 bridgehead atoms. The van der Waals surface area contributed by atoms with Crippen LogP contribution in [0, 0.1) is 0 Å². The Morgan fingerprint density at radius 1 is 1.35 bits per heavy atom. The van der Waals surface area contributed by atoms with Gasteiger partial charge in [0.25, 0.3) is 5.91 Å². The summed E-state index contributed by atoms with van der Waals surface area (Å²) in [4.78, 5) is 11.3. The molecule has 0 heterocycles. The monoisotopic (exact) mass is 257 g/mol. The van der Waals surface area contributed by atoms with Gasteiger partial charge in [-0.05, 0) is 38.1 Å². The van der Waals surface area contributed by atoms with E-state index in [4.69, 9.17) is 21.1 Å². The number of benzene rings is 1. The molecule has 1 amide bonds. The molecule has 1 aromatic carbocycles. The largest absolute Gasteiger partial charge is 0.484 e. The van der Waals surface area contributed by atoms with E-state index < -0.39 is 0 Å². The van der Waals surface area contributed by atoms with Crippen molar-refractivity contribution in [3.05, 3.63) is 29.3 Å². The quantitative estimate of drug-likeness (QED) is 0.795. The van der Waals surface area contributed by atoms with Crippen molar-refractivity contribution in [3.8, 4) is 5.75 Å². The molecular formula is C12H16ClNO3. The Labute approximate surface area is 106 Å². The minimum atomic E-state index is -0.222. The zero-order chi connectivity index (χ0) is 12.7. The molecule has 1 N–H and O–H groups in total.